The number of carbonyl (C=O) groups is 1. The number of carbonyl (C=O) groups excluding carboxylic acids is 1. The third-order valence-corrected chi connectivity index (χ3v) is 3.22. The Bertz CT molecular complexity index is 341. The maximum Gasteiger partial charge on any atom is 0.150 e. The molecular formula is C16H24O. The minimum absolute atomic E-state index is 0.815. The molecule has 0 unspecified atom stereocenters. The second-order valence-electron chi connectivity index (χ2n) is 4.71. The standard InChI is InChI=1S/C16H24O/c1-3-5-7-9-15-11-10-14(13-17)12-16(15)8-6-4-2/h10-13H,3-9H2,1-2H3. The molecule has 94 valence electrons. The zero-order chi connectivity index (χ0) is 12.5. The quantitative estimate of drug-likeness (QED) is 0.474. The van der Waals surface area contributed by atoms with Gasteiger partial charge in [-0.05, 0) is 42.9 Å². The Hall–Kier alpha value is -1.11. The van der Waals surface area contributed by atoms with Crippen LogP contribution in [0.3, 0.4) is 0 Å². The van der Waals surface area contributed by atoms with Crippen LogP contribution in [0, 0.1) is 0 Å². The number of benzene rings is 1. The molecule has 0 heterocycles. The van der Waals surface area contributed by atoms with Crippen LogP contribution in [-0.4, -0.2) is 6.29 Å². The van der Waals surface area contributed by atoms with Crippen molar-refractivity contribution in [2.75, 3.05) is 0 Å². The molecule has 0 bridgehead atoms. The lowest BCUT2D eigenvalue weighted by Crippen LogP contribution is -1.97. The largest absolute Gasteiger partial charge is 0.298 e. The summed E-state index contributed by atoms with van der Waals surface area (Å²) in [6, 6.07) is 6.16. The van der Waals surface area contributed by atoms with Gasteiger partial charge < -0.3 is 0 Å². The van der Waals surface area contributed by atoms with Crippen LogP contribution in [0.15, 0.2) is 18.2 Å². The van der Waals surface area contributed by atoms with E-state index in [4.69, 9.17) is 0 Å². The zero-order valence-corrected chi connectivity index (χ0v) is 11.2. The van der Waals surface area contributed by atoms with Crippen molar-refractivity contribution >= 4 is 6.29 Å². The first-order chi connectivity index (χ1) is 8.31. The van der Waals surface area contributed by atoms with Gasteiger partial charge in [0.2, 0.25) is 0 Å². The molecule has 0 spiro atoms. The highest BCUT2D eigenvalue weighted by molar-refractivity contribution is 5.75. The molecule has 0 atom stereocenters. The molecule has 1 nitrogen and oxygen atoms in total. The topological polar surface area (TPSA) is 17.1 Å². The highest BCUT2D eigenvalue weighted by Gasteiger charge is 2.03. The molecule has 0 saturated carbocycles. The van der Waals surface area contributed by atoms with E-state index in [2.05, 4.69) is 26.0 Å². The normalized spacial score (nSPS) is 10.5. The maximum absolute atomic E-state index is 10.8. The van der Waals surface area contributed by atoms with Gasteiger partial charge in [-0.1, -0.05) is 45.2 Å². The molecule has 0 amide bonds. The number of unbranched alkanes of at least 4 members (excludes halogenated alkanes) is 3. The number of hydrogen-bond acceptors (Lipinski definition) is 1. The fourth-order valence-electron chi connectivity index (χ4n) is 2.13. The van der Waals surface area contributed by atoms with Gasteiger partial charge in [-0.15, -0.1) is 0 Å². The van der Waals surface area contributed by atoms with Gasteiger partial charge in [-0.25, -0.2) is 0 Å². The number of rotatable bonds is 8. The summed E-state index contributed by atoms with van der Waals surface area (Å²) in [4.78, 5) is 10.8. The summed E-state index contributed by atoms with van der Waals surface area (Å²) in [5, 5.41) is 0. The molecule has 0 aromatic heterocycles. The summed E-state index contributed by atoms with van der Waals surface area (Å²) >= 11 is 0. The fourth-order valence-corrected chi connectivity index (χ4v) is 2.13. The molecule has 1 aromatic carbocycles. The van der Waals surface area contributed by atoms with Gasteiger partial charge in [0, 0.05) is 5.56 Å². The van der Waals surface area contributed by atoms with E-state index in [9.17, 15) is 4.79 Å². The van der Waals surface area contributed by atoms with E-state index < -0.39 is 0 Å². The molecule has 1 heteroatoms. The molecule has 17 heavy (non-hydrogen) atoms. The lowest BCUT2D eigenvalue weighted by atomic mass is 9.96. The molecule has 0 fully saturated rings. The average molecular weight is 232 g/mol. The van der Waals surface area contributed by atoms with Crippen molar-refractivity contribution in [3.8, 4) is 0 Å². The summed E-state index contributed by atoms with van der Waals surface area (Å²) in [5.74, 6) is 0. The van der Waals surface area contributed by atoms with Crippen LogP contribution in [0.4, 0.5) is 0 Å². The Morgan fingerprint density at radius 2 is 1.65 bits per heavy atom. The first-order valence-corrected chi connectivity index (χ1v) is 6.88. The van der Waals surface area contributed by atoms with Crippen molar-refractivity contribution in [3.63, 3.8) is 0 Å². The Balaban J connectivity index is 2.74. The summed E-state index contributed by atoms with van der Waals surface area (Å²) in [6.07, 6.45) is 9.45. The zero-order valence-electron chi connectivity index (χ0n) is 11.2. The predicted octanol–water partition coefficient (Wildman–Crippen LogP) is 4.57. The second-order valence-corrected chi connectivity index (χ2v) is 4.71. The van der Waals surface area contributed by atoms with Crippen molar-refractivity contribution in [2.24, 2.45) is 0 Å². The van der Waals surface area contributed by atoms with E-state index >= 15 is 0 Å². The molecule has 0 saturated heterocycles. The van der Waals surface area contributed by atoms with Crippen molar-refractivity contribution in [3.05, 3.63) is 34.9 Å². The Labute approximate surface area is 105 Å². The van der Waals surface area contributed by atoms with Crippen molar-refractivity contribution in [1.29, 1.82) is 0 Å². The first-order valence-electron chi connectivity index (χ1n) is 6.88. The molecule has 0 N–H and O–H groups in total. The molecule has 1 aromatic rings. The van der Waals surface area contributed by atoms with E-state index in [1.807, 2.05) is 6.07 Å². The number of hydrogen-bond donors (Lipinski definition) is 0. The first kappa shape index (κ1) is 14.0. The highest BCUT2D eigenvalue weighted by atomic mass is 16.1. The number of aryl methyl sites for hydroxylation is 2. The van der Waals surface area contributed by atoms with Gasteiger partial charge >= 0.3 is 0 Å². The van der Waals surface area contributed by atoms with E-state index in [1.54, 1.807) is 0 Å². The molecule has 0 aliphatic heterocycles. The molecule has 0 aliphatic carbocycles. The van der Waals surface area contributed by atoms with Crippen LogP contribution in [-0.2, 0) is 12.8 Å². The van der Waals surface area contributed by atoms with Crippen molar-refractivity contribution < 1.29 is 4.79 Å². The minimum atomic E-state index is 0.815. The third-order valence-electron chi connectivity index (χ3n) is 3.22. The smallest absolute Gasteiger partial charge is 0.150 e. The van der Waals surface area contributed by atoms with Gasteiger partial charge in [-0.3, -0.25) is 4.79 Å². The third kappa shape index (κ3) is 4.72. The van der Waals surface area contributed by atoms with Crippen LogP contribution in [0.1, 0.15) is 67.4 Å². The Morgan fingerprint density at radius 1 is 0.941 bits per heavy atom. The van der Waals surface area contributed by atoms with Gasteiger partial charge in [0.1, 0.15) is 6.29 Å². The van der Waals surface area contributed by atoms with E-state index in [-0.39, 0.29) is 0 Å². The maximum atomic E-state index is 10.8. The summed E-state index contributed by atoms with van der Waals surface area (Å²) < 4.78 is 0. The van der Waals surface area contributed by atoms with Crippen molar-refractivity contribution in [2.45, 2.75) is 58.8 Å². The second kappa shape index (κ2) is 8.05. The molecular weight excluding hydrogens is 208 g/mol. The van der Waals surface area contributed by atoms with Gasteiger partial charge in [0.25, 0.3) is 0 Å². The molecule has 1 rings (SSSR count). The Morgan fingerprint density at radius 3 is 2.29 bits per heavy atom. The van der Waals surface area contributed by atoms with Crippen molar-refractivity contribution in [1.82, 2.24) is 0 Å². The van der Waals surface area contributed by atoms with E-state index in [0.29, 0.717) is 0 Å². The lowest BCUT2D eigenvalue weighted by molar-refractivity contribution is 0.112. The van der Waals surface area contributed by atoms with Gasteiger partial charge in [0.15, 0.2) is 0 Å². The minimum Gasteiger partial charge on any atom is -0.298 e. The van der Waals surface area contributed by atoms with E-state index in [1.165, 1.54) is 43.2 Å². The average Bonchev–Trinajstić information content (AvgIpc) is 2.37. The van der Waals surface area contributed by atoms with Gasteiger partial charge in [-0.2, -0.15) is 0 Å². The number of aldehydes is 1. The van der Waals surface area contributed by atoms with Crippen LogP contribution < -0.4 is 0 Å². The Kier molecular flexibility index (Phi) is 6.61. The van der Waals surface area contributed by atoms with E-state index in [0.717, 1.165) is 24.7 Å². The molecule has 0 aliphatic rings. The monoisotopic (exact) mass is 232 g/mol. The summed E-state index contributed by atoms with van der Waals surface area (Å²) in [6.45, 7) is 4.44. The van der Waals surface area contributed by atoms with Crippen LogP contribution in [0.25, 0.3) is 0 Å². The fraction of sp³-hybridized carbons (Fsp3) is 0.562. The lowest BCUT2D eigenvalue weighted by Gasteiger charge is -2.10. The molecule has 0 radical (unpaired) electrons. The van der Waals surface area contributed by atoms with Crippen LogP contribution in [0.2, 0.25) is 0 Å². The summed E-state index contributed by atoms with van der Waals surface area (Å²) in [5.41, 5.74) is 3.64. The van der Waals surface area contributed by atoms with Crippen LogP contribution >= 0.6 is 0 Å². The predicted molar refractivity (Wildman–Crippen MR) is 73.7 cm³/mol. The SMILES string of the molecule is CCCCCc1ccc(C=O)cc1CCCC. The highest BCUT2D eigenvalue weighted by Crippen LogP contribution is 2.17. The van der Waals surface area contributed by atoms with Crippen LogP contribution in [0.5, 0.6) is 0 Å². The van der Waals surface area contributed by atoms with Gasteiger partial charge in [0.05, 0.1) is 0 Å². The summed E-state index contributed by atoms with van der Waals surface area (Å²) in [7, 11) is 0.